The van der Waals surface area contributed by atoms with E-state index in [1.165, 1.54) is 21.5 Å². The molecule has 0 fully saturated rings. The normalized spacial score (nSPS) is 11.7. The van der Waals surface area contributed by atoms with Crippen molar-refractivity contribution in [3.8, 4) is 56.7 Å². The number of benzene rings is 9. The molecule has 0 atom stereocenters. The van der Waals surface area contributed by atoms with Crippen LogP contribution in [0.25, 0.3) is 111 Å². The van der Waals surface area contributed by atoms with E-state index in [9.17, 15) is 0 Å². The van der Waals surface area contributed by atoms with E-state index in [4.69, 9.17) is 15.0 Å². The van der Waals surface area contributed by atoms with E-state index in [1.807, 2.05) is 12.1 Å². The molecule has 0 radical (unpaired) electrons. The van der Waals surface area contributed by atoms with Gasteiger partial charge in [-0.25, -0.2) is 15.0 Å². The van der Waals surface area contributed by atoms with Gasteiger partial charge in [-0.05, 0) is 104 Å². The molecule has 0 aliphatic carbocycles. The van der Waals surface area contributed by atoms with Gasteiger partial charge in [0, 0.05) is 22.5 Å². The topological polar surface area (TPSA) is 48.5 Å². The first kappa shape index (κ1) is 33.9. The maximum Gasteiger partial charge on any atom is 0.164 e. The number of fused-ring (bicyclic) bond motifs is 5. The monoisotopic (exact) mass is 765 g/mol. The van der Waals surface area contributed by atoms with Gasteiger partial charge >= 0.3 is 0 Å². The van der Waals surface area contributed by atoms with Gasteiger partial charge < -0.3 is 0 Å². The summed E-state index contributed by atoms with van der Waals surface area (Å²) in [5, 5.41) is 7.08. The number of aromatic nitrogens is 5. The van der Waals surface area contributed by atoms with Crippen LogP contribution in [0.5, 0.6) is 0 Å². The standard InChI is InChI=1S/C55H35N5/c1-3-20-42(21-4-1)59-49-29-14-13-26-46(49)57-54(59)47-27-15-28-48(56-47)55-58-52-50(40-32-30-36-16-7-9-18-38(36)34-40)44-24-11-12-25-45(44)51(53(52)60(55)43-22-5-2-6-23-43)41-33-31-37-17-8-10-19-39(37)35-41/h1-35H. The van der Waals surface area contributed by atoms with E-state index in [-0.39, 0.29) is 0 Å². The Morgan fingerprint density at radius 1 is 0.333 bits per heavy atom. The predicted octanol–water partition coefficient (Wildman–Crippen LogP) is 13.9. The van der Waals surface area contributed by atoms with Gasteiger partial charge in [-0.15, -0.1) is 0 Å². The van der Waals surface area contributed by atoms with Gasteiger partial charge in [-0.3, -0.25) is 9.13 Å². The third-order valence-corrected chi connectivity index (χ3v) is 11.7. The molecule has 5 heteroatoms. The fraction of sp³-hybridized carbons (Fsp3) is 0. The number of pyridine rings is 1. The molecular weight excluding hydrogens is 731 g/mol. The van der Waals surface area contributed by atoms with Crippen molar-refractivity contribution in [3.05, 3.63) is 212 Å². The molecule has 0 bridgehead atoms. The molecule has 0 amide bonds. The third-order valence-electron chi connectivity index (χ3n) is 11.7. The van der Waals surface area contributed by atoms with E-state index >= 15 is 0 Å². The lowest BCUT2D eigenvalue weighted by molar-refractivity contribution is 1.06. The van der Waals surface area contributed by atoms with Crippen molar-refractivity contribution < 1.29 is 0 Å². The summed E-state index contributed by atoms with van der Waals surface area (Å²) in [7, 11) is 0. The number of hydrogen-bond donors (Lipinski definition) is 0. The Morgan fingerprint density at radius 3 is 1.48 bits per heavy atom. The highest BCUT2D eigenvalue weighted by Gasteiger charge is 2.26. The summed E-state index contributed by atoms with van der Waals surface area (Å²) in [6.07, 6.45) is 0. The highest BCUT2D eigenvalue weighted by Crippen LogP contribution is 2.47. The maximum atomic E-state index is 5.75. The summed E-state index contributed by atoms with van der Waals surface area (Å²) >= 11 is 0. The smallest absolute Gasteiger partial charge is 0.164 e. The van der Waals surface area contributed by atoms with E-state index in [2.05, 4.69) is 209 Å². The second-order valence-electron chi connectivity index (χ2n) is 15.2. The molecule has 3 heterocycles. The second kappa shape index (κ2) is 13.8. The lowest BCUT2D eigenvalue weighted by Gasteiger charge is -2.18. The van der Waals surface area contributed by atoms with Gasteiger partial charge in [0.15, 0.2) is 11.6 Å². The first-order valence-corrected chi connectivity index (χ1v) is 20.3. The summed E-state index contributed by atoms with van der Waals surface area (Å²) in [6, 6.07) is 75.0. The molecule has 0 aliphatic heterocycles. The zero-order valence-corrected chi connectivity index (χ0v) is 32.4. The average molecular weight is 766 g/mol. The Labute approximate surface area is 346 Å². The SMILES string of the molecule is c1ccc(-n2c(-c3cccc(-c4nc5c(-c6ccc7ccccc7c6)c6ccccc6c(-c6ccc7ccccc7c6)c5n4-c4ccccc4)n3)nc3ccccc32)cc1. The Morgan fingerprint density at radius 2 is 0.833 bits per heavy atom. The van der Waals surface area contributed by atoms with Gasteiger partial charge in [0.05, 0.1) is 22.1 Å². The van der Waals surface area contributed by atoms with E-state index in [0.29, 0.717) is 0 Å². The molecular formula is C55H35N5. The Balaban J connectivity index is 1.21. The van der Waals surface area contributed by atoms with Crippen LogP contribution in [-0.2, 0) is 0 Å². The van der Waals surface area contributed by atoms with Crippen LogP contribution in [-0.4, -0.2) is 24.1 Å². The van der Waals surface area contributed by atoms with E-state index in [1.54, 1.807) is 0 Å². The minimum Gasteiger partial charge on any atom is -0.291 e. The highest BCUT2D eigenvalue weighted by molar-refractivity contribution is 6.21. The molecule has 5 nitrogen and oxygen atoms in total. The second-order valence-corrected chi connectivity index (χ2v) is 15.2. The zero-order valence-electron chi connectivity index (χ0n) is 32.4. The summed E-state index contributed by atoms with van der Waals surface area (Å²) < 4.78 is 4.52. The first-order valence-electron chi connectivity index (χ1n) is 20.3. The minimum absolute atomic E-state index is 0.747. The first-order chi connectivity index (χ1) is 29.8. The van der Waals surface area contributed by atoms with E-state index in [0.717, 1.165) is 89.5 Å². The largest absolute Gasteiger partial charge is 0.291 e. The van der Waals surface area contributed by atoms with Crippen molar-refractivity contribution in [2.24, 2.45) is 0 Å². The van der Waals surface area contributed by atoms with Crippen molar-refractivity contribution >= 4 is 54.4 Å². The third kappa shape index (κ3) is 5.44. The van der Waals surface area contributed by atoms with Crippen LogP contribution in [0.3, 0.4) is 0 Å². The minimum atomic E-state index is 0.747. The van der Waals surface area contributed by atoms with Gasteiger partial charge in [0.2, 0.25) is 0 Å². The lowest BCUT2D eigenvalue weighted by Crippen LogP contribution is -2.02. The number of nitrogens with zero attached hydrogens (tertiary/aromatic N) is 5. The Bertz CT molecular complexity index is 3600. The molecule has 0 saturated heterocycles. The van der Waals surface area contributed by atoms with Crippen molar-refractivity contribution in [3.63, 3.8) is 0 Å². The molecule has 9 aromatic carbocycles. The zero-order chi connectivity index (χ0) is 39.6. The summed E-state index contributed by atoms with van der Waals surface area (Å²) in [5.41, 5.74) is 11.9. The van der Waals surface area contributed by atoms with E-state index < -0.39 is 0 Å². The molecule has 12 rings (SSSR count). The molecule has 3 aromatic heterocycles. The van der Waals surface area contributed by atoms with Crippen LogP contribution < -0.4 is 0 Å². The van der Waals surface area contributed by atoms with Gasteiger partial charge in [-0.1, -0.05) is 152 Å². The molecule has 60 heavy (non-hydrogen) atoms. The average Bonchev–Trinajstić information content (AvgIpc) is 3.91. The number of rotatable bonds is 6. The molecule has 12 aromatic rings. The van der Waals surface area contributed by atoms with Gasteiger partial charge in [0.1, 0.15) is 11.4 Å². The summed E-state index contributed by atoms with van der Waals surface area (Å²) in [5.74, 6) is 1.52. The maximum absolute atomic E-state index is 5.75. The quantitative estimate of drug-likeness (QED) is 0.169. The van der Waals surface area contributed by atoms with Crippen molar-refractivity contribution in [2.45, 2.75) is 0 Å². The molecule has 0 saturated carbocycles. The van der Waals surface area contributed by atoms with Crippen LogP contribution in [0, 0.1) is 0 Å². The lowest BCUT2D eigenvalue weighted by atomic mass is 9.89. The fourth-order valence-electron chi connectivity index (χ4n) is 8.99. The van der Waals surface area contributed by atoms with Crippen LogP contribution in [0.4, 0.5) is 0 Å². The predicted molar refractivity (Wildman–Crippen MR) is 248 cm³/mol. The molecule has 280 valence electrons. The van der Waals surface area contributed by atoms with Gasteiger partial charge in [0.25, 0.3) is 0 Å². The van der Waals surface area contributed by atoms with Crippen LogP contribution >= 0.6 is 0 Å². The van der Waals surface area contributed by atoms with Crippen LogP contribution in [0.15, 0.2) is 212 Å². The summed E-state index contributed by atoms with van der Waals surface area (Å²) in [6.45, 7) is 0. The molecule has 0 N–H and O–H groups in total. The number of hydrogen-bond acceptors (Lipinski definition) is 3. The van der Waals surface area contributed by atoms with Crippen molar-refractivity contribution in [1.29, 1.82) is 0 Å². The number of imidazole rings is 2. The Kier molecular flexibility index (Phi) is 7.78. The van der Waals surface area contributed by atoms with Crippen LogP contribution in [0.2, 0.25) is 0 Å². The number of para-hydroxylation sites is 4. The molecule has 0 spiro atoms. The Hall–Kier alpha value is -8.15. The van der Waals surface area contributed by atoms with Crippen molar-refractivity contribution in [2.75, 3.05) is 0 Å². The fourth-order valence-corrected chi connectivity index (χ4v) is 8.99. The summed E-state index contributed by atoms with van der Waals surface area (Å²) in [4.78, 5) is 16.4. The van der Waals surface area contributed by atoms with Crippen molar-refractivity contribution in [1.82, 2.24) is 24.1 Å². The van der Waals surface area contributed by atoms with Crippen LogP contribution in [0.1, 0.15) is 0 Å². The highest BCUT2D eigenvalue weighted by atomic mass is 15.1. The van der Waals surface area contributed by atoms with Gasteiger partial charge in [-0.2, -0.15) is 0 Å². The molecule has 0 aliphatic rings. The molecule has 0 unspecified atom stereocenters.